The van der Waals surface area contributed by atoms with E-state index in [1.807, 2.05) is 23.5 Å². The number of nitrogens with one attached hydrogen (secondary N) is 1. The lowest BCUT2D eigenvalue weighted by atomic mass is 9.88. The maximum Gasteiger partial charge on any atom is 0.122 e. The molecular formula is C16H20N2OS. The van der Waals surface area contributed by atoms with Crippen molar-refractivity contribution in [1.82, 2.24) is 5.43 Å². The van der Waals surface area contributed by atoms with Crippen LogP contribution in [0, 0.1) is 5.92 Å². The molecule has 2 unspecified atom stereocenters. The minimum absolute atomic E-state index is 0.297. The molecule has 106 valence electrons. The van der Waals surface area contributed by atoms with Gasteiger partial charge in [-0.05, 0) is 42.3 Å². The van der Waals surface area contributed by atoms with Crippen molar-refractivity contribution in [3.8, 4) is 5.75 Å². The van der Waals surface area contributed by atoms with Gasteiger partial charge in [-0.1, -0.05) is 24.3 Å². The summed E-state index contributed by atoms with van der Waals surface area (Å²) in [6.07, 6.45) is 3.16. The summed E-state index contributed by atoms with van der Waals surface area (Å²) in [5.74, 6) is 7.23. The predicted octanol–water partition coefficient (Wildman–Crippen LogP) is 2.76. The van der Waals surface area contributed by atoms with Gasteiger partial charge in [-0.15, -0.1) is 11.3 Å². The van der Waals surface area contributed by atoms with Crippen molar-refractivity contribution >= 4 is 11.3 Å². The van der Waals surface area contributed by atoms with Gasteiger partial charge in [0.25, 0.3) is 0 Å². The predicted molar refractivity (Wildman–Crippen MR) is 82.9 cm³/mol. The van der Waals surface area contributed by atoms with E-state index < -0.39 is 0 Å². The van der Waals surface area contributed by atoms with Gasteiger partial charge in [0.1, 0.15) is 5.75 Å². The highest BCUT2D eigenvalue weighted by Gasteiger charge is 2.26. The zero-order valence-electron chi connectivity index (χ0n) is 11.4. The number of rotatable bonds is 5. The van der Waals surface area contributed by atoms with Crippen LogP contribution in [0.2, 0.25) is 0 Å². The lowest BCUT2D eigenvalue weighted by Gasteiger charge is -2.31. The molecule has 3 N–H and O–H groups in total. The fourth-order valence-electron chi connectivity index (χ4n) is 2.82. The van der Waals surface area contributed by atoms with E-state index in [0.29, 0.717) is 12.0 Å². The van der Waals surface area contributed by atoms with Crippen LogP contribution in [0.25, 0.3) is 0 Å². The summed E-state index contributed by atoms with van der Waals surface area (Å²) in [5.41, 5.74) is 4.28. The van der Waals surface area contributed by atoms with E-state index in [9.17, 15) is 0 Å². The summed E-state index contributed by atoms with van der Waals surface area (Å²) in [4.78, 5) is 1.42. The molecule has 2 atom stereocenters. The van der Waals surface area contributed by atoms with E-state index in [2.05, 4.69) is 35.1 Å². The maximum atomic E-state index is 5.86. The van der Waals surface area contributed by atoms with Crippen LogP contribution < -0.4 is 16.0 Å². The number of fused-ring (bicyclic) bond motifs is 1. The molecule has 0 radical (unpaired) electrons. The first kappa shape index (κ1) is 13.6. The number of hydrogen-bond acceptors (Lipinski definition) is 4. The van der Waals surface area contributed by atoms with Crippen molar-refractivity contribution in [1.29, 1.82) is 0 Å². The fourth-order valence-corrected chi connectivity index (χ4v) is 3.54. The monoisotopic (exact) mass is 288 g/mol. The number of aryl methyl sites for hydroxylation is 1. The van der Waals surface area contributed by atoms with Crippen molar-refractivity contribution in [2.24, 2.45) is 11.8 Å². The molecule has 0 fully saturated rings. The van der Waals surface area contributed by atoms with Crippen LogP contribution in [0.5, 0.6) is 5.75 Å². The average molecular weight is 288 g/mol. The van der Waals surface area contributed by atoms with Crippen molar-refractivity contribution in [2.45, 2.75) is 25.3 Å². The number of para-hydroxylation sites is 1. The number of nitrogens with two attached hydrogens (primary N) is 1. The van der Waals surface area contributed by atoms with Gasteiger partial charge < -0.3 is 4.74 Å². The zero-order valence-corrected chi connectivity index (χ0v) is 12.2. The van der Waals surface area contributed by atoms with Crippen LogP contribution in [0.1, 0.15) is 16.9 Å². The Hall–Kier alpha value is -1.36. The summed E-state index contributed by atoms with van der Waals surface area (Å²) in [5, 5.41) is 2.13. The molecule has 1 aliphatic heterocycles. The van der Waals surface area contributed by atoms with Gasteiger partial charge in [0.15, 0.2) is 0 Å². The third-order valence-corrected chi connectivity index (χ3v) is 4.91. The molecular weight excluding hydrogens is 268 g/mol. The highest BCUT2D eigenvalue weighted by atomic mass is 32.1. The molecule has 0 amide bonds. The molecule has 0 saturated heterocycles. The number of hydrogen-bond donors (Lipinski definition) is 2. The largest absolute Gasteiger partial charge is 0.493 e. The first-order valence-corrected chi connectivity index (χ1v) is 7.94. The Morgan fingerprint density at radius 2 is 2.20 bits per heavy atom. The Morgan fingerprint density at radius 3 is 3.00 bits per heavy atom. The zero-order chi connectivity index (χ0) is 13.8. The molecule has 2 aromatic rings. The van der Waals surface area contributed by atoms with Crippen LogP contribution >= 0.6 is 11.3 Å². The van der Waals surface area contributed by atoms with Crippen molar-refractivity contribution in [2.75, 3.05) is 6.61 Å². The van der Waals surface area contributed by atoms with E-state index in [4.69, 9.17) is 10.6 Å². The van der Waals surface area contributed by atoms with Crippen LogP contribution in [0.3, 0.4) is 0 Å². The SMILES string of the molecule is NNC(CCc1cccs1)C1COc2ccccc2C1. The van der Waals surface area contributed by atoms with Gasteiger partial charge >= 0.3 is 0 Å². The maximum absolute atomic E-state index is 5.86. The molecule has 1 aromatic carbocycles. The van der Waals surface area contributed by atoms with E-state index in [1.165, 1.54) is 10.4 Å². The fraction of sp³-hybridized carbons (Fsp3) is 0.375. The number of benzene rings is 1. The Bertz CT molecular complexity index is 541. The molecule has 0 saturated carbocycles. The van der Waals surface area contributed by atoms with Gasteiger partial charge in [-0.3, -0.25) is 11.3 Å². The quantitative estimate of drug-likeness (QED) is 0.657. The van der Waals surface area contributed by atoms with Gasteiger partial charge in [0.05, 0.1) is 6.61 Å². The summed E-state index contributed by atoms with van der Waals surface area (Å²) >= 11 is 1.81. The minimum Gasteiger partial charge on any atom is -0.493 e. The van der Waals surface area contributed by atoms with Crippen LogP contribution in [0.4, 0.5) is 0 Å². The highest BCUT2D eigenvalue weighted by Crippen LogP contribution is 2.29. The molecule has 3 nitrogen and oxygen atoms in total. The van der Waals surface area contributed by atoms with Gasteiger partial charge in [0.2, 0.25) is 0 Å². The van der Waals surface area contributed by atoms with Crippen molar-refractivity contribution in [3.05, 3.63) is 52.2 Å². The van der Waals surface area contributed by atoms with Gasteiger partial charge in [0, 0.05) is 16.8 Å². The first-order valence-electron chi connectivity index (χ1n) is 7.06. The summed E-state index contributed by atoms with van der Waals surface area (Å²) < 4.78 is 5.86. The van der Waals surface area contributed by atoms with Crippen LogP contribution in [-0.4, -0.2) is 12.6 Å². The minimum atomic E-state index is 0.297. The third kappa shape index (κ3) is 3.03. The van der Waals surface area contributed by atoms with E-state index >= 15 is 0 Å². The molecule has 2 heterocycles. The van der Waals surface area contributed by atoms with E-state index in [-0.39, 0.29) is 0 Å². The second-order valence-electron chi connectivity index (χ2n) is 5.27. The molecule has 3 rings (SSSR count). The Morgan fingerprint density at radius 1 is 1.30 bits per heavy atom. The average Bonchev–Trinajstić information content (AvgIpc) is 3.01. The molecule has 1 aromatic heterocycles. The van der Waals surface area contributed by atoms with Gasteiger partial charge in [-0.2, -0.15) is 0 Å². The van der Waals surface area contributed by atoms with Crippen molar-refractivity contribution in [3.63, 3.8) is 0 Å². The summed E-state index contributed by atoms with van der Waals surface area (Å²) in [6, 6.07) is 12.9. The van der Waals surface area contributed by atoms with E-state index in [1.54, 1.807) is 0 Å². The van der Waals surface area contributed by atoms with Crippen LogP contribution in [0.15, 0.2) is 41.8 Å². The molecule has 0 aliphatic carbocycles. The normalized spacial score (nSPS) is 19.1. The van der Waals surface area contributed by atoms with Crippen LogP contribution in [-0.2, 0) is 12.8 Å². The highest BCUT2D eigenvalue weighted by molar-refractivity contribution is 7.09. The second kappa shape index (κ2) is 6.39. The summed E-state index contributed by atoms with van der Waals surface area (Å²) in [7, 11) is 0. The second-order valence-corrected chi connectivity index (χ2v) is 6.31. The lowest BCUT2D eigenvalue weighted by Crippen LogP contribution is -2.45. The Kier molecular flexibility index (Phi) is 4.35. The third-order valence-electron chi connectivity index (χ3n) is 3.97. The lowest BCUT2D eigenvalue weighted by molar-refractivity contribution is 0.180. The van der Waals surface area contributed by atoms with Crippen molar-refractivity contribution < 1.29 is 4.74 Å². The molecule has 1 aliphatic rings. The number of hydrazine groups is 1. The number of ether oxygens (including phenoxy) is 1. The standard InChI is InChI=1S/C16H20N2OS/c17-18-15(8-7-14-5-3-9-20-14)13-10-12-4-1-2-6-16(12)19-11-13/h1-6,9,13,15,18H,7-8,10-11,17H2. The molecule has 0 bridgehead atoms. The topological polar surface area (TPSA) is 47.3 Å². The molecule has 0 spiro atoms. The Balaban J connectivity index is 1.62. The van der Waals surface area contributed by atoms with Gasteiger partial charge in [-0.25, -0.2) is 0 Å². The molecule has 4 heteroatoms. The first-order chi connectivity index (χ1) is 9.86. The molecule has 20 heavy (non-hydrogen) atoms. The number of thiophene rings is 1. The van der Waals surface area contributed by atoms with E-state index in [0.717, 1.165) is 31.6 Å². The Labute approximate surface area is 123 Å². The summed E-state index contributed by atoms with van der Waals surface area (Å²) in [6.45, 7) is 0.746. The smallest absolute Gasteiger partial charge is 0.122 e.